The number of piperazine rings is 1. The van der Waals surface area contributed by atoms with Crippen molar-refractivity contribution in [3.05, 3.63) is 0 Å². The Balaban J connectivity index is 2.31. The van der Waals surface area contributed by atoms with Gasteiger partial charge in [-0.25, -0.2) is 5.11 Å². The van der Waals surface area contributed by atoms with Gasteiger partial charge in [0.05, 0.1) is 0 Å². The van der Waals surface area contributed by atoms with Gasteiger partial charge < -0.3 is 10.2 Å². The number of rotatable bonds is 1. The van der Waals surface area contributed by atoms with Crippen molar-refractivity contribution in [1.82, 2.24) is 10.2 Å². The van der Waals surface area contributed by atoms with Crippen molar-refractivity contribution in [2.75, 3.05) is 32.8 Å². The minimum absolute atomic E-state index is 0.276. The van der Waals surface area contributed by atoms with Crippen molar-refractivity contribution in [3.63, 3.8) is 0 Å². The molecule has 0 aliphatic carbocycles. The molecule has 0 aromatic heterocycles. The number of amides is 1. The van der Waals surface area contributed by atoms with Crippen molar-refractivity contribution >= 4 is 5.91 Å². The van der Waals surface area contributed by atoms with Gasteiger partial charge in [0.25, 0.3) is 5.91 Å². The zero-order chi connectivity index (χ0) is 7.40. The Morgan fingerprint density at radius 1 is 1.40 bits per heavy atom. The Morgan fingerprint density at radius 2 is 2.00 bits per heavy atom. The van der Waals surface area contributed by atoms with Crippen LogP contribution in [0.4, 0.5) is 0 Å². The van der Waals surface area contributed by atoms with Crippen LogP contribution in [0.15, 0.2) is 0 Å². The van der Waals surface area contributed by atoms with E-state index < -0.39 is 6.61 Å². The molecule has 1 fully saturated rings. The molecule has 4 nitrogen and oxygen atoms in total. The Hall–Kier alpha value is -0.610. The normalized spacial score (nSPS) is 19.1. The molecule has 10 heavy (non-hydrogen) atoms. The van der Waals surface area contributed by atoms with E-state index in [4.69, 9.17) is 0 Å². The summed E-state index contributed by atoms with van der Waals surface area (Å²) < 4.78 is 0. The maximum Gasteiger partial charge on any atom is 0.252 e. The molecule has 0 bridgehead atoms. The first kappa shape index (κ1) is 7.50. The van der Waals surface area contributed by atoms with Gasteiger partial charge in [-0.1, -0.05) is 0 Å². The summed E-state index contributed by atoms with van der Waals surface area (Å²) in [5.74, 6) is -0.276. The lowest BCUT2D eigenvalue weighted by Crippen LogP contribution is -2.47. The summed E-state index contributed by atoms with van der Waals surface area (Å²) in [6.45, 7) is 2.37. The fourth-order valence-electron chi connectivity index (χ4n) is 1.01. The monoisotopic (exact) mass is 143 g/mol. The second-order valence-electron chi connectivity index (χ2n) is 2.28. The van der Waals surface area contributed by atoms with Crippen LogP contribution in [-0.2, 0) is 9.90 Å². The third-order valence-electron chi connectivity index (χ3n) is 1.59. The quantitative estimate of drug-likeness (QED) is 0.504. The van der Waals surface area contributed by atoms with E-state index in [1.807, 2.05) is 0 Å². The molecular formula is C6H11N2O2. The van der Waals surface area contributed by atoms with Gasteiger partial charge in [0.2, 0.25) is 0 Å². The van der Waals surface area contributed by atoms with E-state index in [0.717, 1.165) is 13.1 Å². The summed E-state index contributed by atoms with van der Waals surface area (Å²) in [6.07, 6.45) is 0. The average Bonchev–Trinajstić information content (AvgIpc) is 2.05. The Bertz CT molecular complexity index is 121. The van der Waals surface area contributed by atoms with Crippen LogP contribution in [0.2, 0.25) is 0 Å². The van der Waals surface area contributed by atoms with Gasteiger partial charge in [0, 0.05) is 26.2 Å². The Kier molecular flexibility index (Phi) is 2.65. The van der Waals surface area contributed by atoms with Crippen LogP contribution in [0, 0.1) is 0 Å². The molecule has 0 atom stereocenters. The molecule has 1 aliphatic heterocycles. The first-order valence-corrected chi connectivity index (χ1v) is 3.41. The summed E-state index contributed by atoms with van der Waals surface area (Å²) >= 11 is 0. The average molecular weight is 143 g/mol. The van der Waals surface area contributed by atoms with E-state index >= 15 is 0 Å². The molecule has 0 unspecified atom stereocenters. The number of hydrogen-bond acceptors (Lipinski definition) is 2. The molecule has 4 heteroatoms. The van der Waals surface area contributed by atoms with E-state index in [-0.39, 0.29) is 5.91 Å². The highest BCUT2D eigenvalue weighted by atomic mass is 16.3. The van der Waals surface area contributed by atoms with Crippen LogP contribution in [0.3, 0.4) is 0 Å². The summed E-state index contributed by atoms with van der Waals surface area (Å²) in [5.41, 5.74) is 0. The largest absolute Gasteiger partial charge is 0.338 e. The molecule has 1 radical (unpaired) electrons. The number of nitrogens with one attached hydrogen (secondary N) is 1. The minimum atomic E-state index is -0.611. The molecule has 0 spiro atoms. The number of nitrogens with zero attached hydrogens (tertiary/aromatic N) is 1. The zero-order valence-corrected chi connectivity index (χ0v) is 5.80. The number of hydrogen-bond donors (Lipinski definition) is 1. The van der Waals surface area contributed by atoms with E-state index in [1.54, 1.807) is 4.90 Å². The lowest BCUT2D eigenvalue weighted by molar-refractivity contribution is -0.136. The second-order valence-corrected chi connectivity index (χ2v) is 2.28. The predicted molar refractivity (Wildman–Crippen MR) is 35.0 cm³/mol. The smallest absolute Gasteiger partial charge is 0.252 e. The first-order chi connectivity index (χ1) is 4.84. The van der Waals surface area contributed by atoms with Gasteiger partial charge in [0.1, 0.15) is 0 Å². The van der Waals surface area contributed by atoms with Gasteiger partial charge in [-0.05, 0) is 0 Å². The van der Waals surface area contributed by atoms with Crippen LogP contribution in [0.1, 0.15) is 0 Å². The topological polar surface area (TPSA) is 52.2 Å². The van der Waals surface area contributed by atoms with E-state index in [9.17, 15) is 9.90 Å². The van der Waals surface area contributed by atoms with Crippen LogP contribution in [-0.4, -0.2) is 43.6 Å². The molecule has 1 saturated heterocycles. The predicted octanol–water partition coefficient (Wildman–Crippen LogP) is -1.15. The van der Waals surface area contributed by atoms with Crippen LogP contribution < -0.4 is 5.32 Å². The SMILES string of the molecule is [O]CC(=O)N1CCNCC1. The number of carbonyl (C=O) groups excluding carboxylic acids is 1. The van der Waals surface area contributed by atoms with Crippen molar-refractivity contribution < 1.29 is 9.90 Å². The zero-order valence-electron chi connectivity index (χ0n) is 5.80. The first-order valence-electron chi connectivity index (χ1n) is 3.41. The van der Waals surface area contributed by atoms with Crippen LogP contribution in [0.5, 0.6) is 0 Å². The van der Waals surface area contributed by atoms with Gasteiger partial charge >= 0.3 is 0 Å². The molecule has 1 amide bonds. The standard InChI is InChI=1S/C6H11N2O2/c9-5-6(10)8-3-1-7-2-4-8/h7H,1-5H2. The molecule has 0 aromatic carbocycles. The molecule has 1 rings (SSSR count). The summed E-state index contributed by atoms with van der Waals surface area (Å²) in [6, 6.07) is 0. The van der Waals surface area contributed by atoms with Crippen LogP contribution in [0.25, 0.3) is 0 Å². The van der Waals surface area contributed by atoms with Gasteiger partial charge in [0.15, 0.2) is 6.61 Å². The summed E-state index contributed by atoms with van der Waals surface area (Å²) in [4.78, 5) is 12.4. The lowest BCUT2D eigenvalue weighted by atomic mass is 10.3. The van der Waals surface area contributed by atoms with E-state index in [2.05, 4.69) is 5.32 Å². The maximum absolute atomic E-state index is 10.8. The highest BCUT2D eigenvalue weighted by Crippen LogP contribution is 1.91. The van der Waals surface area contributed by atoms with Crippen molar-refractivity contribution in [2.45, 2.75) is 0 Å². The molecule has 1 aliphatic rings. The lowest BCUT2D eigenvalue weighted by Gasteiger charge is -2.26. The fourth-order valence-corrected chi connectivity index (χ4v) is 1.01. The van der Waals surface area contributed by atoms with Gasteiger partial charge in [-0.2, -0.15) is 0 Å². The van der Waals surface area contributed by atoms with Crippen molar-refractivity contribution in [1.29, 1.82) is 0 Å². The van der Waals surface area contributed by atoms with E-state index in [1.165, 1.54) is 0 Å². The maximum atomic E-state index is 10.8. The molecule has 57 valence electrons. The van der Waals surface area contributed by atoms with Crippen molar-refractivity contribution in [3.8, 4) is 0 Å². The molecular weight excluding hydrogens is 132 g/mol. The second kappa shape index (κ2) is 3.53. The molecule has 1 heterocycles. The Morgan fingerprint density at radius 3 is 2.50 bits per heavy atom. The highest BCUT2D eigenvalue weighted by Gasteiger charge is 2.14. The van der Waals surface area contributed by atoms with Crippen LogP contribution >= 0.6 is 0 Å². The molecule has 0 aromatic rings. The minimum Gasteiger partial charge on any atom is -0.338 e. The molecule has 1 N–H and O–H groups in total. The van der Waals surface area contributed by atoms with Crippen molar-refractivity contribution in [2.24, 2.45) is 0 Å². The molecule has 0 saturated carbocycles. The highest BCUT2D eigenvalue weighted by molar-refractivity contribution is 5.77. The Labute approximate surface area is 59.8 Å². The summed E-state index contributed by atoms with van der Waals surface area (Å²) in [5, 5.41) is 13.2. The number of carbonyl (C=O) groups is 1. The van der Waals surface area contributed by atoms with E-state index in [0.29, 0.717) is 13.1 Å². The van der Waals surface area contributed by atoms with Gasteiger partial charge in [-0.3, -0.25) is 4.79 Å². The third kappa shape index (κ3) is 1.68. The van der Waals surface area contributed by atoms with Gasteiger partial charge in [-0.15, -0.1) is 0 Å². The third-order valence-corrected chi connectivity index (χ3v) is 1.59. The fraction of sp³-hybridized carbons (Fsp3) is 0.833. The summed E-state index contributed by atoms with van der Waals surface area (Å²) in [7, 11) is 0.